The summed E-state index contributed by atoms with van der Waals surface area (Å²) in [5.74, 6) is -1.99. The molecule has 2 saturated heterocycles. The molecule has 0 radical (unpaired) electrons. The quantitative estimate of drug-likeness (QED) is 0.153. The SMILES string of the molecule is CCCC(C(=O)c1cc(C(OC)C(C)C)c(O)c(/C=N\OC)c1O)C1CC(O)C2(OC2CC)C(O)O1. The zero-order valence-corrected chi connectivity index (χ0v) is 21.8. The number of nitrogens with zero attached hydrogens (tertiary/aromatic N) is 1. The Morgan fingerprint density at radius 1 is 1.25 bits per heavy atom. The second-order valence-electron chi connectivity index (χ2n) is 9.85. The number of aromatic hydroxyl groups is 2. The van der Waals surface area contributed by atoms with Gasteiger partial charge in [0.25, 0.3) is 0 Å². The van der Waals surface area contributed by atoms with Crippen LogP contribution in [0.3, 0.4) is 0 Å². The topological polar surface area (TPSA) is 151 Å². The van der Waals surface area contributed by atoms with Crippen molar-refractivity contribution in [2.24, 2.45) is 17.0 Å². The van der Waals surface area contributed by atoms with Crippen molar-refractivity contribution in [1.29, 1.82) is 0 Å². The van der Waals surface area contributed by atoms with Crippen LogP contribution in [0.25, 0.3) is 0 Å². The Balaban J connectivity index is 2.03. The lowest BCUT2D eigenvalue weighted by molar-refractivity contribution is -0.239. The molecule has 7 atom stereocenters. The van der Waals surface area contributed by atoms with Gasteiger partial charge in [-0.3, -0.25) is 4.79 Å². The molecule has 10 heteroatoms. The van der Waals surface area contributed by atoms with Crippen molar-refractivity contribution in [3.8, 4) is 11.5 Å². The zero-order valence-electron chi connectivity index (χ0n) is 21.8. The van der Waals surface area contributed by atoms with Gasteiger partial charge >= 0.3 is 0 Å². The first-order chi connectivity index (χ1) is 17.1. The number of ketones is 1. The maximum atomic E-state index is 13.9. The number of carbonyl (C=O) groups is 1. The van der Waals surface area contributed by atoms with Crippen LogP contribution in [0, 0.1) is 11.8 Å². The van der Waals surface area contributed by atoms with Gasteiger partial charge in [-0.1, -0.05) is 39.3 Å². The molecule has 2 fully saturated rings. The van der Waals surface area contributed by atoms with Crippen molar-refractivity contribution in [3.63, 3.8) is 0 Å². The van der Waals surface area contributed by atoms with Crippen molar-refractivity contribution in [2.45, 2.75) is 89.7 Å². The fourth-order valence-corrected chi connectivity index (χ4v) is 5.37. The third-order valence-corrected chi connectivity index (χ3v) is 7.27. The molecule has 0 amide bonds. The Bertz CT molecular complexity index is 951. The maximum absolute atomic E-state index is 13.9. The molecule has 0 aromatic heterocycles. The molecular formula is C26H39NO9. The number of hydrogen-bond donors (Lipinski definition) is 4. The van der Waals surface area contributed by atoms with E-state index in [0.717, 1.165) is 6.21 Å². The monoisotopic (exact) mass is 509 g/mol. The van der Waals surface area contributed by atoms with E-state index in [4.69, 9.17) is 19.0 Å². The summed E-state index contributed by atoms with van der Waals surface area (Å²) in [5, 5.41) is 47.2. The number of ether oxygens (including phenoxy) is 3. The molecule has 3 rings (SSSR count). The van der Waals surface area contributed by atoms with E-state index in [-0.39, 0.29) is 35.3 Å². The summed E-state index contributed by atoms with van der Waals surface area (Å²) < 4.78 is 17.0. The van der Waals surface area contributed by atoms with E-state index in [9.17, 15) is 25.2 Å². The lowest BCUT2D eigenvalue weighted by Gasteiger charge is -2.39. The minimum absolute atomic E-state index is 0.0384. The van der Waals surface area contributed by atoms with Crippen LogP contribution < -0.4 is 0 Å². The third-order valence-electron chi connectivity index (χ3n) is 7.27. The summed E-state index contributed by atoms with van der Waals surface area (Å²) in [6.45, 7) is 7.62. The third kappa shape index (κ3) is 4.97. The van der Waals surface area contributed by atoms with Gasteiger partial charge in [-0.15, -0.1) is 0 Å². The molecular weight excluding hydrogens is 470 g/mol. The van der Waals surface area contributed by atoms with Crippen molar-refractivity contribution in [1.82, 2.24) is 0 Å². The van der Waals surface area contributed by atoms with E-state index in [1.54, 1.807) is 0 Å². The predicted octanol–water partition coefficient (Wildman–Crippen LogP) is 3.04. The molecule has 7 unspecified atom stereocenters. The van der Waals surface area contributed by atoms with Crippen LogP contribution in [0.5, 0.6) is 11.5 Å². The number of methoxy groups -OCH3 is 1. The van der Waals surface area contributed by atoms with E-state index >= 15 is 0 Å². The highest BCUT2D eigenvalue weighted by Gasteiger charge is 2.68. The fourth-order valence-electron chi connectivity index (χ4n) is 5.37. The van der Waals surface area contributed by atoms with Crippen LogP contribution in [-0.2, 0) is 19.0 Å². The summed E-state index contributed by atoms with van der Waals surface area (Å²) >= 11 is 0. The number of epoxide rings is 1. The first-order valence-corrected chi connectivity index (χ1v) is 12.5. The first kappa shape index (κ1) is 28.3. The molecule has 2 aliphatic heterocycles. The predicted molar refractivity (Wildman–Crippen MR) is 131 cm³/mol. The maximum Gasteiger partial charge on any atom is 0.189 e. The standard InChI is InChI=1S/C26H39NO9/c1-7-9-14(18-11-19(28)26(25(32)35-18)20(8-2)36-26)21(29)15-10-16(24(33-5)13(3)4)23(31)17(22(15)30)12-27-34-6/h10,12-14,18-20,24-25,28,30-32H,7-9,11H2,1-6H3/b27-12-. The molecule has 0 saturated carbocycles. The number of benzene rings is 1. The van der Waals surface area contributed by atoms with Crippen molar-refractivity contribution in [2.75, 3.05) is 14.2 Å². The molecule has 1 aromatic carbocycles. The minimum Gasteiger partial charge on any atom is -0.507 e. The van der Waals surface area contributed by atoms with E-state index in [1.165, 1.54) is 20.3 Å². The summed E-state index contributed by atoms with van der Waals surface area (Å²) in [6, 6.07) is 1.43. The molecule has 36 heavy (non-hydrogen) atoms. The first-order valence-electron chi connectivity index (χ1n) is 12.5. The van der Waals surface area contributed by atoms with Crippen LogP contribution in [0.4, 0.5) is 0 Å². The summed E-state index contributed by atoms with van der Waals surface area (Å²) in [7, 11) is 2.82. The number of hydrogen-bond acceptors (Lipinski definition) is 10. The molecule has 2 aliphatic rings. The van der Waals surface area contributed by atoms with Crippen molar-refractivity contribution in [3.05, 3.63) is 22.8 Å². The van der Waals surface area contributed by atoms with Gasteiger partial charge in [-0.25, -0.2) is 0 Å². The van der Waals surface area contributed by atoms with Crippen LogP contribution in [0.1, 0.15) is 81.0 Å². The summed E-state index contributed by atoms with van der Waals surface area (Å²) in [4.78, 5) is 18.6. The number of carbonyl (C=O) groups excluding carboxylic acids is 1. The number of Topliss-reactive ketones (excluding diaryl/α,β-unsaturated/α-hetero) is 1. The average Bonchev–Trinajstić information content (AvgIpc) is 3.58. The highest BCUT2D eigenvalue weighted by atomic mass is 16.7. The van der Waals surface area contributed by atoms with Gasteiger partial charge in [-0.2, -0.15) is 0 Å². The van der Waals surface area contributed by atoms with Crippen LogP contribution >= 0.6 is 0 Å². The fraction of sp³-hybridized carbons (Fsp3) is 0.692. The number of oxime groups is 1. The molecule has 0 aliphatic carbocycles. The normalized spacial score (nSPS) is 29.6. The van der Waals surface area contributed by atoms with Gasteiger partial charge in [0.1, 0.15) is 18.6 Å². The van der Waals surface area contributed by atoms with Gasteiger partial charge in [-0.05, 0) is 24.8 Å². The van der Waals surface area contributed by atoms with Gasteiger partial charge < -0.3 is 39.5 Å². The van der Waals surface area contributed by atoms with Crippen molar-refractivity contribution >= 4 is 12.0 Å². The van der Waals surface area contributed by atoms with Gasteiger partial charge in [0, 0.05) is 25.0 Å². The molecule has 202 valence electrons. The molecule has 0 bridgehead atoms. The zero-order chi connectivity index (χ0) is 26.8. The average molecular weight is 510 g/mol. The Hall–Kier alpha value is -2.24. The van der Waals surface area contributed by atoms with Crippen LogP contribution in [0.15, 0.2) is 11.2 Å². The smallest absolute Gasteiger partial charge is 0.189 e. The largest absolute Gasteiger partial charge is 0.507 e. The summed E-state index contributed by atoms with van der Waals surface area (Å²) in [5.41, 5.74) is -0.951. The van der Waals surface area contributed by atoms with Gasteiger partial charge in [0.2, 0.25) is 0 Å². The second kappa shape index (κ2) is 11.4. The number of phenolic OH excluding ortho intramolecular Hbond substituents is 2. The van der Waals surface area contributed by atoms with E-state index in [0.29, 0.717) is 24.8 Å². The molecule has 10 nitrogen and oxygen atoms in total. The van der Waals surface area contributed by atoms with Crippen LogP contribution in [-0.4, -0.2) is 76.8 Å². The minimum atomic E-state index is -1.38. The second-order valence-corrected chi connectivity index (χ2v) is 9.85. The Morgan fingerprint density at radius 2 is 1.94 bits per heavy atom. The van der Waals surface area contributed by atoms with Gasteiger partial charge in [0.15, 0.2) is 17.7 Å². The molecule has 1 aromatic rings. The van der Waals surface area contributed by atoms with E-state index < -0.39 is 47.7 Å². The number of aliphatic hydroxyl groups excluding tert-OH is 2. The summed E-state index contributed by atoms with van der Waals surface area (Å²) in [6.07, 6.45) is -1.19. The molecule has 4 N–H and O–H groups in total. The van der Waals surface area contributed by atoms with Crippen molar-refractivity contribution < 1.29 is 44.3 Å². The van der Waals surface area contributed by atoms with E-state index in [1.807, 2.05) is 27.7 Å². The number of aliphatic hydroxyl groups is 2. The Labute approximate surface area is 211 Å². The highest BCUT2D eigenvalue weighted by Crippen LogP contribution is 2.50. The van der Waals surface area contributed by atoms with E-state index in [2.05, 4.69) is 5.16 Å². The number of rotatable bonds is 11. The van der Waals surface area contributed by atoms with Gasteiger partial charge in [0.05, 0.1) is 41.8 Å². The highest BCUT2D eigenvalue weighted by molar-refractivity contribution is 6.04. The molecule has 2 heterocycles. The van der Waals surface area contributed by atoms with Crippen LogP contribution in [0.2, 0.25) is 0 Å². The molecule has 1 spiro atoms. The Morgan fingerprint density at radius 3 is 2.44 bits per heavy atom. The Kier molecular flexibility index (Phi) is 9.00. The lowest BCUT2D eigenvalue weighted by atomic mass is 9.80. The lowest BCUT2D eigenvalue weighted by Crippen LogP contribution is -2.55. The number of phenols is 2.